The highest BCUT2D eigenvalue weighted by Gasteiger charge is 2.07. The molecule has 0 bridgehead atoms. The van der Waals surface area contributed by atoms with Gasteiger partial charge in [0.15, 0.2) is 0 Å². The topological polar surface area (TPSA) is 12.0 Å². The van der Waals surface area contributed by atoms with E-state index in [9.17, 15) is 4.39 Å². The Morgan fingerprint density at radius 3 is 2.67 bits per heavy atom. The minimum atomic E-state index is -0.199. The van der Waals surface area contributed by atoms with Crippen molar-refractivity contribution in [2.75, 3.05) is 6.54 Å². The van der Waals surface area contributed by atoms with Crippen LogP contribution in [0.1, 0.15) is 25.8 Å². The van der Waals surface area contributed by atoms with E-state index in [1.54, 1.807) is 0 Å². The molecular formula is C12H17BrFN. The van der Waals surface area contributed by atoms with Gasteiger partial charge in [-0.2, -0.15) is 0 Å². The van der Waals surface area contributed by atoms with Gasteiger partial charge >= 0.3 is 0 Å². The largest absolute Gasteiger partial charge is 0.314 e. The highest BCUT2D eigenvalue weighted by molar-refractivity contribution is 9.10. The van der Waals surface area contributed by atoms with Crippen LogP contribution in [0.15, 0.2) is 22.7 Å². The van der Waals surface area contributed by atoms with Gasteiger partial charge in [0.2, 0.25) is 0 Å². The van der Waals surface area contributed by atoms with Crippen LogP contribution in [0.25, 0.3) is 0 Å². The van der Waals surface area contributed by atoms with Gasteiger partial charge in [-0.3, -0.25) is 0 Å². The molecule has 0 aliphatic carbocycles. The predicted molar refractivity (Wildman–Crippen MR) is 65.6 cm³/mol. The molecule has 0 aliphatic heterocycles. The fourth-order valence-corrected chi connectivity index (χ4v) is 2.03. The van der Waals surface area contributed by atoms with Gasteiger partial charge in [0.05, 0.1) is 4.47 Å². The molecule has 0 aliphatic rings. The molecular weight excluding hydrogens is 257 g/mol. The number of nitrogens with one attached hydrogen (secondary N) is 1. The van der Waals surface area contributed by atoms with Crippen LogP contribution in [0.3, 0.4) is 0 Å². The third-order valence-corrected chi connectivity index (χ3v) is 3.06. The van der Waals surface area contributed by atoms with E-state index in [2.05, 4.69) is 35.1 Å². The number of benzene rings is 1. The number of hydrogen-bond acceptors (Lipinski definition) is 1. The lowest BCUT2D eigenvalue weighted by Crippen LogP contribution is -2.30. The molecule has 0 heterocycles. The zero-order valence-electron chi connectivity index (χ0n) is 9.19. The Morgan fingerprint density at radius 1 is 1.40 bits per heavy atom. The van der Waals surface area contributed by atoms with Crippen molar-refractivity contribution >= 4 is 15.9 Å². The fourth-order valence-electron chi connectivity index (χ4n) is 1.60. The quantitative estimate of drug-likeness (QED) is 0.866. The van der Waals surface area contributed by atoms with Gasteiger partial charge in [0.1, 0.15) is 5.82 Å². The Kier molecular flexibility index (Phi) is 5.26. The lowest BCUT2D eigenvalue weighted by molar-refractivity contribution is 0.509. The van der Waals surface area contributed by atoms with Crippen molar-refractivity contribution < 1.29 is 4.39 Å². The number of likely N-dealkylation sites (N-methyl/N-ethyl adjacent to an activating group) is 1. The van der Waals surface area contributed by atoms with Crippen LogP contribution in [0, 0.1) is 5.82 Å². The number of hydrogen-bond donors (Lipinski definition) is 1. The summed E-state index contributed by atoms with van der Waals surface area (Å²) in [6, 6.07) is 5.69. The fraction of sp³-hybridized carbons (Fsp3) is 0.500. The second kappa shape index (κ2) is 6.23. The van der Waals surface area contributed by atoms with E-state index >= 15 is 0 Å². The van der Waals surface area contributed by atoms with Gasteiger partial charge < -0.3 is 5.32 Å². The lowest BCUT2D eigenvalue weighted by atomic mass is 10.0. The van der Waals surface area contributed by atoms with E-state index in [0.29, 0.717) is 10.5 Å². The Labute approximate surface area is 99.2 Å². The summed E-state index contributed by atoms with van der Waals surface area (Å²) in [6.07, 6.45) is 2.03. The van der Waals surface area contributed by atoms with Crippen LogP contribution < -0.4 is 5.32 Å². The molecule has 84 valence electrons. The van der Waals surface area contributed by atoms with Gasteiger partial charge in [-0.15, -0.1) is 0 Å². The summed E-state index contributed by atoms with van der Waals surface area (Å²) in [4.78, 5) is 0. The normalized spacial score (nSPS) is 12.8. The first kappa shape index (κ1) is 12.7. The van der Waals surface area contributed by atoms with Gasteiger partial charge in [-0.05, 0) is 53.0 Å². The van der Waals surface area contributed by atoms with E-state index in [1.165, 1.54) is 6.07 Å². The highest BCUT2D eigenvalue weighted by atomic mass is 79.9. The monoisotopic (exact) mass is 273 g/mol. The first-order valence-electron chi connectivity index (χ1n) is 5.34. The van der Waals surface area contributed by atoms with Crippen molar-refractivity contribution in [3.05, 3.63) is 34.1 Å². The van der Waals surface area contributed by atoms with Crippen LogP contribution in [0.4, 0.5) is 4.39 Å². The molecule has 15 heavy (non-hydrogen) atoms. The molecule has 0 spiro atoms. The van der Waals surface area contributed by atoms with Crippen LogP contribution >= 0.6 is 15.9 Å². The van der Waals surface area contributed by atoms with E-state index < -0.39 is 0 Å². The van der Waals surface area contributed by atoms with Crippen LogP contribution in [0.2, 0.25) is 0 Å². The van der Waals surface area contributed by atoms with E-state index in [-0.39, 0.29) is 5.82 Å². The molecule has 1 aromatic rings. The van der Waals surface area contributed by atoms with Crippen LogP contribution in [-0.2, 0) is 6.42 Å². The summed E-state index contributed by atoms with van der Waals surface area (Å²) < 4.78 is 13.6. The van der Waals surface area contributed by atoms with Gasteiger partial charge in [-0.1, -0.05) is 19.9 Å². The molecule has 0 saturated heterocycles. The van der Waals surface area contributed by atoms with E-state index in [0.717, 1.165) is 24.9 Å². The van der Waals surface area contributed by atoms with E-state index in [4.69, 9.17) is 0 Å². The third kappa shape index (κ3) is 3.92. The molecule has 0 fully saturated rings. The lowest BCUT2D eigenvalue weighted by Gasteiger charge is -2.15. The SMILES string of the molecule is CCNC(CC)Cc1ccc(F)c(Br)c1. The first-order valence-corrected chi connectivity index (χ1v) is 6.14. The summed E-state index contributed by atoms with van der Waals surface area (Å²) >= 11 is 3.20. The minimum Gasteiger partial charge on any atom is -0.314 e. The average molecular weight is 274 g/mol. The van der Waals surface area contributed by atoms with Gasteiger partial charge in [-0.25, -0.2) is 4.39 Å². The standard InChI is InChI=1S/C12H17BrFN/c1-3-10(15-4-2)7-9-5-6-12(14)11(13)8-9/h5-6,8,10,15H,3-4,7H2,1-2H3. The smallest absolute Gasteiger partial charge is 0.137 e. The zero-order valence-corrected chi connectivity index (χ0v) is 10.8. The Morgan fingerprint density at radius 2 is 2.13 bits per heavy atom. The van der Waals surface area contributed by atoms with Gasteiger partial charge in [0.25, 0.3) is 0 Å². The maximum absolute atomic E-state index is 13.0. The molecule has 1 rings (SSSR count). The molecule has 0 saturated carbocycles. The van der Waals surface area contributed by atoms with Gasteiger partial charge in [0, 0.05) is 6.04 Å². The van der Waals surface area contributed by atoms with Crippen LogP contribution in [0.5, 0.6) is 0 Å². The maximum atomic E-state index is 13.0. The van der Waals surface area contributed by atoms with Crippen molar-refractivity contribution in [3.8, 4) is 0 Å². The Balaban J connectivity index is 2.66. The molecule has 0 amide bonds. The predicted octanol–water partition coefficient (Wildman–Crippen LogP) is 3.52. The molecule has 1 atom stereocenters. The second-order valence-electron chi connectivity index (χ2n) is 3.62. The maximum Gasteiger partial charge on any atom is 0.137 e. The summed E-state index contributed by atoms with van der Waals surface area (Å²) in [5, 5.41) is 3.41. The molecule has 3 heteroatoms. The summed E-state index contributed by atoms with van der Waals surface area (Å²) in [5.74, 6) is -0.199. The van der Waals surface area contributed by atoms with Crippen molar-refractivity contribution in [1.82, 2.24) is 5.32 Å². The van der Waals surface area contributed by atoms with Crippen molar-refractivity contribution in [2.24, 2.45) is 0 Å². The molecule has 0 radical (unpaired) electrons. The minimum absolute atomic E-state index is 0.199. The zero-order chi connectivity index (χ0) is 11.3. The molecule has 1 nitrogen and oxygen atoms in total. The third-order valence-electron chi connectivity index (χ3n) is 2.45. The first-order chi connectivity index (χ1) is 7.17. The Bertz CT molecular complexity index is 314. The molecule has 1 aromatic carbocycles. The summed E-state index contributed by atoms with van der Waals surface area (Å²) in [5.41, 5.74) is 1.16. The number of rotatable bonds is 5. The second-order valence-corrected chi connectivity index (χ2v) is 4.47. The summed E-state index contributed by atoms with van der Waals surface area (Å²) in [7, 11) is 0. The highest BCUT2D eigenvalue weighted by Crippen LogP contribution is 2.18. The Hall–Kier alpha value is -0.410. The molecule has 1 unspecified atom stereocenters. The number of halogens is 2. The summed E-state index contributed by atoms with van der Waals surface area (Å²) in [6.45, 7) is 5.23. The van der Waals surface area contributed by atoms with Crippen LogP contribution in [-0.4, -0.2) is 12.6 Å². The molecule has 0 aromatic heterocycles. The van der Waals surface area contributed by atoms with Crippen molar-refractivity contribution in [1.29, 1.82) is 0 Å². The average Bonchev–Trinajstić information content (AvgIpc) is 2.23. The molecule has 1 N–H and O–H groups in total. The van der Waals surface area contributed by atoms with Crippen molar-refractivity contribution in [2.45, 2.75) is 32.7 Å². The van der Waals surface area contributed by atoms with Crippen molar-refractivity contribution in [3.63, 3.8) is 0 Å². The van der Waals surface area contributed by atoms with E-state index in [1.807, 2.05) is 12.1 Å².